The molecule has 1 heterocycles. The highest BCUT2D eigenvalue weighted by atomic mass is 79.9. The molecule has 0 saturated carbocycles. The molecule has 2 aromatic rings. The van der Waals surface area contributed by atoms with Crippen molar-refractivity contribution in [3.05, 3.63) is 45.3 Å². The summed E-state index contributed by atoms with van der Waals surface area (Å²) in [6, 6.07) is 6.63. The average molecular weight is 376 g/mol. The lowest BCUT2D eigenvalue weighted by Gasteiger charge is -2.18. The van der Waals surface area contributed by atoms with E-state index >= 15 is 0 Å². The second-order valence-corrected chi connectivity index (χ2v) is 6.51. The van der Waals surface area contributed by atoms with Crippen LogP contribution in [0.25, 0.3) is 0 Å². The number of ether oxygens (including phenoxy) is 1. The van der Waals surface area contributed by atoms with Crippen LogP contribution in [0.1, 0.15) is 48.8 Å². The monoisotopic (exact) mass is 375 g/mol. The second-order valence-electron chi connectivity index (χ2n) is 5.76. The Morgan fingerprint density at radius 1 is 1.22 bits per heavy atom. The molecule has 3 rings (SSSR count). The van der Waals surface area contributed by atoms with E-state index in [0.717, 1.165) is 53.2 Å². The zero-order valence-electron chi connectivity index (χ0n) is 13.8. The molecule has 1 atom stereocenters. The zero-order valence-corrected chi connectivity index (χ0v) is 15.4. The van der Waals surface area contributed by atoms with Crippen LogP contribution in [0, 0.1) is 0 Å². The van der Waals surface area contributed by atoms with Gasteiger partial charge < -0.3 is 10.1 Å². The molecule has 1 aliphatic rings. The first-order chi connectivity index (χ1) is 11.2. The van der Waals surface area contributed by atoms with Gasteiger partial charge in [0.15, 0.2) is 0 Å². The topological polar surface area (TPSA) is 47.0 Å². The van der Waals surface area contributed by atoms with Crippen molar-refractivity contribution in [2.75, 3.05) is 12.4 Å². The average Bonchev–Trinajstić information content (AvgIpc) is 2.98. The standard InChI is InChI=1S/C18H22BrN3O/c1-4-14-17(19)20-15(5-2)18(21-14)22-16-9-6-11-10-12(23-3)7-8-13(11)16/h7-8,10,16H,4-6,9H2,1-3H3,(H,21,22). The van der Waals surface area contributed by atoms with E-state index in [1.54, 1.807) is 7.11 Å². The summed E-state index contributed by atoms with van der Waals surface area (Å²) >= 11 is 3.52. The maximum absolute atomic E-state index is 5.32. The van der Waals surface area contributed by atoms with E-state index in [9.17, 15) is 0 Å². The van der Waals surface area contributed by atoms with Gasteiger partial charge in [-0.1, -0.05) is 19.9 Å². The van der Waals surface area contributed by atoms with Crippen LogP contribution >= 0.6 is 15.9 Å². The molecule has 0 radical (unpaired) electrons. The maximum Gasteiger partial charge on any atom is 0.148 e. The number of nitrogens with zero attached hydrogens (tertiary/aromatic N) is 2. The Bertz CT molecular complexity index is 718. The molecule has 1 N–H and O–H groups in total. The number of fused-ring (bicyclic) bond motifs is 1. The predicted octanol–water partition coefficient (Wildman–Crippen LogP) is 4.47. The third-order valence-electron chi connectivity index (χ3n) is 4.40. The zero-order chi connectivity index (χ0) is 16.4. The molecular weight excluding hydrogens is 354 g/mol. The van der Waals surface area contributed by atoms with Crippen LogP contribution in [-0.2, 0) is 19.3 Å². The minimum Gasteiger partial charge on any atom is -0.497 e. The summed E-state index contributed by atoms with van der Waals surface area (Å²) in [6.45, 7) is 4.21. The number of nitrogens with one attached hydrogen (secondary N) is 1. The second kappa shape index (κ2) is 6.87. The fraction of sp³-hybridized carbons (Fsp3) is 0.444. The van der Waals surface area contributed by atoms with Gasteiger partial charge in [-0.15, -0.1) is 0 Å². The van der Waals surface area contributed by atoms with Crippen LogP contribution in [0.2, 0.25) is 0 Å². The van der Waals surface area contributed by atoms with Gasteiger partial charge in [-0.25, -0.2) is 9.97 Å². The molecular formula is C18H22BrN3O. The number of hydrogen-bond donors (Lipinski definition) is 1. The number of rotatable bonds is 5. The smallest absolute Gasteiger partial charge is 0.148 e. The van der Waals surface area contributed by atoms with Gasteiger partial charge in [0.2, 0.25) is 0 Å². The highest BCUT2D eigenvalue weighted by Gasteiger charge is 2.24. The summed E-state index contributed by atoms with van der Waals surface area (Å²) < 4.78 is 6.19. The molecule has 5 heteroatoms. The fourth-order valence-corrected chi connectivity index (χ4v) is 3.69. The summed E-state index contributed by atoms with van der Waals surface area (Å²) in [6.07, 6.45) is 3.87. The fourth-order valence-electron chi connectivity index (χ4n) is 3.10. The molecule has 0 amide bonds. The number of anilines is 1. The SMILES string of the molecule is CCc1nc(NC2CCc3cc(OC)ccc32)c(CC)nc1Br. The van der Waals surface area contributed by atoms with E-state index < -0.39 is 0 Å². The molecule has 122 valence electrons. The Labute approximate surface area is 145 Å². The number of aryl methyl sites for hydroxylation is 3. The summed E-state index contributed by atoms with van der Waals surface area (Å²) in [7, 11) is 1.71. The van der Waals surface area contributed by atoms with Gasteiger partial charge in [0.1, 0.15) is 16.2 Å². The molecule has 0 bridgehead atoms. The van der Waals surface area contributed by atoms with Crippen molar-refractivity contribution >= 4 is 21.7 Å². The Balaban J connectivity index is 1.89. The van der Waals surface area contributed by atoms with Gasteiger partial charge in [0.05, 0.1) is 24.5 Å². The Morgan fingerprint density at radius 2 is 2.00 bits per heavy atom. The van der Waals surface area contributed by atoms with Crippen LogP contribution < -0.4 is 10.1 Å². The summed E-state index contributed by atoms with van der Waals surface area (Å²) in [4.78, 5) is 9.45. The largest absolute Gasteiger partial charge is 0.497 e. The molecule has 1 aromatic heterocycles. The Hall–Kier alpha value is -1.62. The highest BCUT2D eigenvalue weighted by molar-refractivity contribution is 9.10. The van der Waals surface area contributed by atoms with E-state index in [4.69, 9.17) is 9.72 Å². The molecule has 0 spiro atoms. The lowest BCUT2D eigenvalue weighted by atomic mass is 10.1. The van der Waals surface area contributed by atoms with Crippen molar-refractivity contribution in [2.45, 2.75) is 45.6 Å². The molecule has 1 aromatic carbocycles. The normalized spacial score (nSPS) is 16.3. The number of halogens is 1. The van der Waals surface area contributed by atoms with Gasteiger partial charge in [0, 0.05) is 0 Å². The van der Waals surface area contributed by atoms with Crippen molar-refractivity contribution < 1.29 is 4.74 Å². The van der Waals surface area contributed by atoms with E-state index in [1.165, 1.54) is 11.1 Å². The van der Waals surface area contributed by atoms with Crippen LogP contribution in [0.5, 0.6) is 5.75 Å². The summed E-state index contributed by atoms with van der Waals surface area (Å²) in [5.41, 5.74) is 4.71. The van der Waals surface area contributed by atoms with Crippen LogP contribution in [0.15, 0.2) is 22.8 Å². The first-order valence-corrected chi connectivity index (χ1v) is 8.94. The Kier molecular flexibility index (Phi) is 4.85. The van der Waals surface area contributed by atoms with E-state index in [2.05, 4.69) is 52.2 Å². The van der Waals surface area contributed by atoms with E-state index in [-0.39, 0.29) is 0 Å². The van der Waals surface area contributed by atoms with Crippen molar-refractivity contribution in [1.29, 1.82) is 0 Å². The van der Waals surface area contributed by atoms with Crippen LogP contribution in [-0.4, -0.2) is 17.1 Å². The number of hydrogen-bond acceptors (Lipinski definition) is 4. The van der Waals surface area contributed by atoms with Gasteiger partial charge >= 0.3 is 0 Å². The van der Waals surface area contributed by atoms with Crippen molar-refractivity contribution in [3.8, 4) is 5.75 Å². The first-order valence-electron chi connectivity index (χ1n) is 8.14. The lowest BCUT2D eigenvalue weighted by Crippen LogP contribution is -2.13. The van der Waals surface area contributed by atoms with E-state index in [1.807, 2.05) is 6.07 Å². The third kappa shape index (κ3) is 3.20. The van der Waals surface area contributed by atoms with Gasteiger partial charge in [-0.05, 0) is 64.9 Å². The first kappa shape index (κ1) is 16.2. The molecule has 23 heavy (non-hydrogen) atoms. The third-order valence-corrected chi connectivity index (χ3v) is 5.04. The number of aromatic nitrogens is 2. The number of methoxy groups -OCH3 is 1. The molecule has 4 nitrogen and oxygen atoms in total. The van der Waals surface area contributed by atoms with E-state index in [0.29, 0.717) is 6.04 Å². The van der Waals surface area contributed by atoms with Crippen LogP contribution in [0.3, 0.4) is 0 Å². The maximum atomic E-state index is 5.32. The molecule has 0 aliphatic heterocycles. The van der Waals surface area contributed by atoms with Gasteiger partial charge in [-0.2, -0.15) is 0 Å². The molecule has 1 unspecified atom stereocenters. The summed E-state index contributed by atoms with van der Waals surface area (Å²) in [5, 5.41) is 3.62. The minimum absolute atomic E-state index is 0.293. The summed E-state index contributed by atoms with van der Waals surface area (Å²) in [5.74, 6) is 1.84. The van der Waals surface area contributed by atoms with Gasteiger partial charge in [-0.3, -0.25) is 0 Å². The Morgan fingerprint density at radius 3 is 2.70 bits per heavy atom. The van der Waals surface area contributed by atoms with Crippen molar-refractivity contribution in [2.24, 2.45) is 0 Å². The van der Waals surface area contributed by atoms with Crippen molar-refractivity contribution in [1.82, 2.24) is 9.97 Å². The highest BCUT2D eigenvalue weighted by Crippen LogP contribution is 2.36. The lowest BCUT2D eigenvalue weighted by molar-refractivity contribution is 0.414. The molecule has 0 fully saturated rings. The number of benzene rings is 1. The molecule has 0 saturated heterocycles. The van der Waals surface area contributed by atoms with Crippen LogP contribution in [0.4, 0.5) is 5.82 Å². The molecule has 1 aliphatic carbocycles. The quantitative estimate of drug-likeness (QED) is 0.836. The van der Waals surface area contributed by atoms with Crippen molar-refractivity contribution in [3.63, 3.8) is 0 Å². The minimum atomic E-state index is 0.293. The van der Waals surface area contributed by atoms with Gasteiger partial charge in [0.25, 0.3) is 0 Å². The predicted molar refractivity (Wildman–Crippen MR) is 96.2 cm³/mol.